The lowest BCUT2D eigenvalue weighted by molar-refractivity contribution is -0.149. The summed E-state index contributed by atoms with van der Waals surface area (Å²) < 4.78 is 37.7. The Morgan fingerprint density at radius 2 is 1.82 bits per heavy atom. The molecule has 9 heteroatoms. The fraction of sp³-hybridized carbons (Fsp3) is 0.368. The maximum atomic E-state index is 11.1. The third-order valence-electron chi connectivity index (χ3n) is 3.67. The summed E-state index contributed by atoms with van der Waals surface area (Å²) in [4.78, 5) is 15.3. The number of pyridine rings is 1. The van der Waals surface area contributed by atoms with Crippen molar-refractivity contribution in [2.45, 2.75) is 25.9 Å². The molecule has 0 radical (unpaired) electrons. The number of carboxylic acids is 1. The molecule has 0 aliphatic carbocycles. The van der Waals surface area contributed by atoms with Crippen molar-refractivity contribution in [2.24, 2.45) is 0 Å². The van der Waals surface area contributed by atoms with Gasteiger partial charge in [0.15, 0.2) is 6.10 Å². The van der Waals surface area contributed by atoms with E-state index >= 15 is 0 Å². The highest BCUT2D eigenvalue weighted by Crippen LogP contribution is 2.15. The zero-order valence-corrected chi connectivity index (χ0v) is 16.5. The second-order valence-electron chi connectivity index (χ2n) is 6.02. The minimum absolute atomic E-state index is 0.234. The Morgan fingerprint density at radius 1 is 1.14 bits per heavy atom. The summed E-state index contributed by atoms with van der Waals surface area (Å²) >= 11 is 0. The van der Waals surface area contributed by atoms with Crippen molar-refractivity contribution < 1.29 is 32.0 Å². The third kappa shape index (κ3) is 7.53. The fourth-order valence-electron chi connectivity index (χ4n) is 2.41. The van der Waals surface area contributed by atoms with E-state index in [1.807, 2.05) is 0 Å². The number of hydrogen-bond acceptors (Lipinski definition) is 7. The van der Waals surface area contributed by atoms with Crippen LogP contribution in [0.2, 0.25) is 0 Å². The van der Waals surface area contributed by atoms with Crippen LogP contribution in [0.3, 0.4) is 0 Å². The van der Waals surface area contributed by atoms with Crippen LogP contribution in [0.15, 0.2) is 42.6 Å². The SMILES string of the molecule is CCOC(Cc1ccc(OCCc2ccc(OS(C)(=O)=O)cc2)nc1)C(=O)O. The summed E-state index contributed by atoms with van der Waals surface area (Å²) in [6, 6.07) is 10.1. The molecule has 0 bridgehead atoms. The predicted octanol–water partition coefficient (Wildman–Crippen LogP) is 2.07. The number of hydrogen-bond donors (Lipinski definition) is 1. The number of aromatic nitrogens is 1. The van der Waals surface area contributed by atoms with E-state index in [0.717, 1.165) is 17.4 Å². The van der Waals surface area contributed by atoms with Crippen LogP contribution in [0.4, 0.5) is 0 Å². The number of carboxylic acid groups (broad SMARTS) is 1. The molecular formula is C19H23NO7S. The largest absolute Gasteiger partial charge is 0.479 e. The highest BCUT2D eigenvalue weighted by atomic mass is 32.2. The van der Waals surface area contributed by atoms with Crippen molar-refractivity contribution in [1.82, 2.24) is 4.98 Å². The molecule has 0 fully saturated rings. The molecular weight excluding hydrogens is 386 g/mol. The average molecular weight is 409 g/mol. The molecule has 8 nitrogen and oxygen atoms in total. The van der Waals surface area contributed by atoms with Gasteiger partial charge in [-0.25, -0.2) is 9.78 Å². The standard InChI is InChI=1S/C19H23NO7S/c1-3-25-17(19(21)22)12-15-6-9-18(20-13-15)26-11-10-14-4-7-16(8-5-14)27-28(2,23)24/h4-9,13,17H,3,10-12H2,1-2H3,(H,21,22). The van der Waals surface area contributed by atoms with Gasteiger partial charge >= 0.3 is 16.1 Å². The molecule has 1 aromatic carbocycles. The van der Waals surface area contributed by atoms with Gasteiger partial charge in [-0.15, -0.1) is 0 Å². The van der Waals surface area contributed by atoms with Gasteiger partial charge in [0.05, 0.1) is 12.9 Å². The molecule has 2 aromatic rings. The van der Waals surface area contributed by atoms with Gasteiger partial charge in [0.25, 0.3) is 0 Å². The van der Waals surface area contributed by atoms with Crippen LogP contribution in [-0.2, 0) is 32.5 Å². The molecule has 1 N–H and O–H groups in total. The van der Waals surface area contributed by atoms with Crippen LogP contribution < -0.4 is 8.92 Å². The van der Waals surface area contributed by atoms with Crippen LogP contribution in [0.25, 0.3) is 0 Å². The number of ether oxygens (including phenoxy) is 2. The first-order valence-corrected chi connectivity index (χ1v) is 10.5. The second-order valence-corrected chi connectivity index (χ2v) is 7.60. The molecule has 0 amide bonds. The van der Waals surface area contributed by atoms with Crippen molar-refractivity contribution in [3.63, 3.8) is 0 Å². The number of carbonyl (C=O) groups is 1. The first-order chi connectivity index (χ1) is 13.3. The Morgan fingerprint density at radius 3 is 2.36 bits per heavy atom. The lowest BCUT2D eigenvalue weighted by Gasteiger charge is -2.12. The van der Waals surface area contributed by atoms with E-state index in [0.29, 0.717) is 25.5 Å². The predicted molar refractivity (Wildman–Crippen MR) is 102 cm³/mol. The van der Waals surface area contributed by atoms with Crippen LogP contribution in [0.1, 0.15) is 18.1 Å². The molecule has 28 heavy (non-hydrogen) atoms. The minimum Gasteiger partial charge on any atom is -0.479 e. The summed E-state index contributed by atoms with van der Waals surface area (Å²) in [5.41, 5.74) is 1.70. The monoisotopic (exact) mass is 409 g/mol. The van der Waals surface area contributed by atoms with Crippen LogP contribution in [-0.4, -0.2) is 50.1 Å². The highest BCUT2D eigenvalue weighted by Gasteiger charge is 2.18. The lowest BCUT2D eigenvalue weighted by atomic mass is 10.1. The molecule has 0 aliphatic rings. The fourth-order valence-corrected chi connectivity index (χ4v) is 2.87. The third-order valence-corrected chi connectivity index (χ3v) is 4.17. The Labute approximate surface area is 164 Å². The maximum Gasteiger partial charge on any atom is 0.333 e. The smallest absolute Gasteiger partial charge is 0.333 e. The Kier molecular flexibility index (Phi) is 7.77. The summed E-state index contributed by atoms with van der Waals surface area (Å²) in [7, 11) is -3.54. The van der Waals surface area contributed by atoms with Gasteiger partial charge in [0.1, 0.15) is 5.75 Å². The first kappa shape index (κ1) is 21.6. The van der Waals surface area contributed by atoms with E-state index in [1.165, 1.54) is 0 Å². The van der Waals surface area contributed by atoms with Gasteiger partial charge < -0.3 is 18.8 Å². The van der Waals surface area contributed by atoms with Crippen molar-refractivity contribution in [3.05, 3.63) is 53.7 Å². The van der Waals surface area contributed by atoms with E-state index < -0.39 is 22.2 Å². The number of nitrogens with zero attached hydrogens (tertiary/aromatic N) is 1. The van der Waals surface area contributed by atoms with Crippen molar-refractivity contribution in [3.8, 4) is 11.6 Å². The molecule has 0 spiro atoms. The second kappa shape index (κ2) is 10.0. The molecule has 2 rings (SSSR count). The van der Waals surface area contributed by atoms with Crippen molar-refractivity contribution in [2.75, 3.05) is 19.5 Å². The van der Waals surface area contributed by atoms with Crippen LogP contribution >= 0.6 is 0 Å². The minimum atomic E-state index is -3.54. The van der Waals surface area contributed by atoms with E-state index in [1.54, 1.807) is 49.5 Å². The molecule has 1 unspecified atom stereocenters. The summed E-state index contributed by atoms with van der Waals surface area (Å²) in [5, 5.41) is 9.11. The normalized spacial score (nSPS) is 12.4. The van der Waals surface area contributed by atoms with Crippen LogP contribution in [0.5, 0.6) is 11.6 Å². The van der Waals surface area contributed by atoms with Gasteiger partial charge in [-0.3, -0.25) is 0 Å². The zero-order valence-electron chi connectivity index (χ0n) is 15.7. The number of benzene rings is 1. The van der Waals surface area contributed by atoms with Gasteiger partial charge in [-0.05, 0) is 30.2 Å². The highest BCUT2D eigenvalue weighted by molar-refractivity contribution is 7.86. The molecule has 1 heterocycles. The van der Waals surface area contributed by atoms with Crippen molar-refractivity contribution in [1.29, 1.82) is 0 Å². The Hall–Kier alpha value is -2.65. The number of aliphatic carboxylic acids is 1. The average Bonchev–Trinajstić information content (AvgIpc) is 2.63. The quantitative estimate of drug-likeness (QED) is 0.562. The van der Waals surface area contributed by atoms with Gasteiger partial charge in [-0.1, -0.05) is 18.2 Å². The molecule has 0 aliphatic heterocycles. The maximum absolute atomic E-state index is 11.1. The first-order valence-electron chi connectivity index (χ1n) is 8.67. The summed E-state index contributed by atoms with van der Waals surface area (Å²) in [6.07, 6.45) is 2.51. The topological polar surface area (TPSA) is 112 Å². The number of rotatable bonds is 11. The molecule has 0 saturated heterocycles. The Balaban J connectivity index is 1.82. The summed E-state index contributed by atoms with van der Waals surface area (Å²) in [5.74, 6) is -0.310. The van der Waals surface area contributed by atoms with E-state index in [9.17, 15) is 13.2 Å². The van der Waals surface area contributed by atoms with Gasteiger partial charge in [0.2, 0.25) is 5.88 Å². The molecule has 152 valence electrons. The van der Waals surface area contributed by atoms with Crippen LogP contribution in [0, 0.1) is 0 Å². The van der Waals surface area contributed by atoms with E-state index in [-0.39, 0.29) is 12.2 Å². The molecule has 1 atom stereocenters. The Bertz CT molecular complexity index is 864. The van der Waals surface area contributed by atoms with Gasteiger partial charge in [0, 0.05) is 31.7 Å². The van der Waals surface area contributed by atoms with E-state index in [4.69, 9.17) is 18.8 Å². The van der Waals surface area contributed by atoms with Gasteiger partial charge in [-0.2, -0.15) is 8.42 Å². The lowest BCUT2D eigenvalue weighted by Crippen LogP contribution is -2.26. The molecule has 1 aromatic heterocycles. The summed E-state index contributed by atoms with van der Waals surface area (Å²) in [6.45, 7) is 2.46. The van der Waals surface area contributed by atoms with Crippen molar-refractivity contribution >= 4 is 16.1 Å². The zero-order chi connectivity index (χ0) is 20.6. The van der Waals surface area contributed by atoms with E-state index in [2.05, 4.69) is 4.98 Å². The molecule has 0 saturated carbocycles.